The fraction of sp³-hybridized carbons (Fsp3) is 0.920. The molecule has 0 aromatic heterocycles. The number of hydrogen-bond donors (Lipinski definition) is 2. The van der Waals surface area contributed by atoms with Crippen LogP contribution >= 0.6 is 0 Å². The molecule has 4 fully saturated rings. The minimum atomic E-state index is -3.22. The maximum Gasteiger partial charge on any atom is 0.291 e. The Morgan fingerprint density at radius 2 is 1.83 bits per heavy atom. The van der Waals surface area contributed by atoms with Crippen molar-refractivity contribution in [2.45, 2.75) is 89.3 Å². The Balaban J connectivity index is 1.47. The van der Waals surface area contributed by atoms with Crippen molar-refractivity contribution in [1.29, 1.82) is 0 Å². The topological polar surface area (TPSA) is 49.7 Å². The highest BCUT2D eigenvalue weighted by molar-refractivity contribution is 5.10. The molecule has 0 aliphatic heterocycles. The van der Waals surface area contributed by atoms with Gasteiger partial charge in [0.2, 0.25) is 0 Å². The van der Waals surface area contributed by atoms with E-state index in [0.717, 1.165) is 51.4 Å². The predicted molar refractivity (Wildman–Crippen MR) is 113 cm³/mol. The predicted octanol–water partition coefficient (Wildman–Crippen LogP) is 5.21. The molecule has 3 nitrogen and oxygen atoms in total. The Labute approximate surface area is 180 Å². The number of aliphatic hydroxyl groups is 2. The summed E-state index contributed by atoms with van der Waals surface area (Å²) in [6.45, 7) is 8.47. The fourth-order valence-electron chi connectivity index (χ4n) is 8.33. The van der Waals surface area contributed by atoms with Gasteiger partial charge in [-0.05, 0) is 112 Å². The first-order chi connectivity index (χ1) is 14.1. The number of alkyl halides is 2. The third kappa shape index (κ3) is 3.67. The molecule has 30 heavy (non-hydrogen) atoms. The Morgan fingerprint density at radius 3 is 2.53 bits per heavy atom. The van der Waals surface area contributed by atoms with Crippen LogP contribution in [0, 0.1) is 40.9 Å². The Morgan fingerprint density at radius 1 is 1.10 bits per heavy atom. The van der Waals surface area contributed by atoms with E-state index in [2.05, 4.69) is 13.5 Å². The minimum absolute atomic E-state index is 0.204. The van der Waals surface area contributed by atoms with Gasteiger partial charge < -0.3 is 14.9 Å². The first kappa shape index (κ1) is 22.7. The molecular formula is C25H40F2O3. The van der Waals surface area contributed by atoms with Gasteiger partial charge in [0, 0.05) is 6.61 Å². The maximum atomic E-state index is 14.2. The van der Waals surface area contributed by atoms with Gasteiger partial charge in [0.15, 0.2) is 0 Å². The summed E-state index contributed by atoms with van der Waals surface area (Å²) in [6.07, 6.45) is 7.63. The van der Waals surface area contributed by atoms with Crippen molar-refractivity contribution < 1.29 is 23.7 Å². The highest BCUT2D eigenvalue weighted by atomic mass is 19.3. The minimum Gasteiger partial charge on any atom is -0.387 e. The third-order valence-electron chi connectivity index (χ3n) is 9.80. The second-order valence-corrected chi connectivity index (χ2v) is 11.1. The molecule has 5 heteroatoms. The van der Waals surface area contributed by atoms with Gasteiger partial charge in [-0.25, -0.2) is 0 Å². The first-order valence-electron chi connectivity index (χ1n) is 12.1. The molecule has 0 aromatic rings. The van der Waals surface area contributed by atoms with Crippen LogP contribution in [0.15, 0.2) is 12.7 Å². The van der Waals surface area contributed by atoms with Crippen molar-refractivity contribution in [3.8, 4) is 0 Å². The Bertz CT molecular complexity index is 640. The largest absolute Gasteiger partial charge is 0.387 e. The standard InChI is InChI=1S/C25H40F2O3/c1-4-25(26,27)22(28)21-9-8-20-19-7-6-16-14-24(29,15-30-5-2)13-11-17(16)18(19)10-12-23(20,21)3/h4,16-22,28-29H,1,5-15H2,2-3H3/t16-,17+,18-,19-,20+,21-,22?,23+,24-/m1/s1. The summed E-state index contributed by atoms with van der Waals surface area (Å²) >= 11 is 0. The smallest absolute Gasteiger partial charge is 0.291 e. The van der Waals surface area contributed by atoms with Crippen LogP contribution in [0.2, 0.25) is 0 Å². The van der Waals surface area contributed by atoms with E-state index in [4.69, 9.17) is 4.74 Å². The molecule has 0 bridgehead atoms. The van der Waals surface area contributed by atoms with Crippen LogP contribution in [0.4, 0.5) is 8.78 Å². The second-order valence-electron chi connectivity index (χ2n) is 11.1. The molecule has 0 amide bonds. The third-order valence-corrected chi connectivity index (χ3v) is 9.80. The summed E-state index contributed by atoms with van der Waals surface area (Å²) in [5.74, 6) is -0.701. The molecule has 0 saturated heterocycles. The lowest BCUT2D eigenvalue weighted by atomic mass is 9.48. The van der Waals surface area contributed by atoms with E-state index < -0.39 is 17.6 Å². The summed E-state index contributed by atoms with van der Waals surface area (Å²) in [4.78, 5) is 0. The van der Waals surface area contributed by atoms with Gasteiger partial charge in [-0.2, -0.15) is 8.78 Å². The zero-order chi connectivity index (χ0) is 21.7. The Hall–Kier alpha value is -0.520. The van der Waals surface area contributed by atoms with E-state index in [9.17, 15) is 19.0 Å². The summed E-state index contributed by atoms with van der Waals surface area (Å²) < 4.78 is 34.0. The summed E-state index contributed by atoms with van der Waals surface area (Å²) in [5, 5.41) is 21.5. The monoisotopic (exact) mass is 426 g/mol. The number of aliphatic hydroxyl groups excluding tert-OH is 1. The zero-order valence-corrected chi connectivity index (χ0v) is 18.7. The lowest BCUT2D eigenvalue weighted by Crippen LogP contribution is -2.53. The molecule has 1 unspecified atom stereocenters. The van der Waals surface area contributed by atoms with Crippen LogP contribution < -0.4 is 0 Å². The molecule has 4 rings (SSSR count). The zero-order valence-electron chi connectivity index (χ0n) is 18.7. The maximum absolute atomic E-state index is 14.2. The molecule has 4 aliphatic carbocycles. The summed E-state index contributed by atoms with van der Waals surface area (Å²) in [7, 11) is 0. The van der Waals surface area contributed by atoms with E-state index in [0.29, 0.717) is 55.3 Å². The van der Waals surface area contributed by atoms with Gasteiger partial charge in [0.1, 0.15) is 6.10 Å². The van der Waals surface area contributed by atoms with Crippen LogP contribution in [0.3, 0.4) is 0 Å². The SMILES string of the molecule is C=CC(F)(F)C(O)[C@H]1CC[C@H]2[C@@H]3CC[C@@H]4C[C@@](O)(COCC)CC[C@@H]4[C@H]3CC[C@]12C. The van der Waals surface area contributed by atoms with Gasteiger partial charge in [-0.3, -0.25) is 0 Å². The second kappa shape index (κ2) is 8.12. The van der Waals surface area contributed by atoms with Gasteiger partial charge in [-0.1, -0.05) is 13.5 Å². The van der Waals surface area contributed by atoms with Gasteiger partial charge in [0.25, 0.3) is 5.92 Å². The van der Waals surface area contributed by atoms with E-state index in [1.807, 2.05) is 6.92 Å². The number of halogens is 2. The van der Waals surface area contributed by atoms with Crippen molar-refractivity contribution >= 4 is 0 Å². The summed E-state index contributed by atoms with van der Waals surface area (Å²) in [5.41, 5.74) is -0.879. The van der Waals surface area contributed by atoms with Crippen molar-refractivity contribution in [1.82, 2.24) is 0 Å². The highest BCUT2D eigenvalue weighted by Gasteiger charge is 2.61. The van der Waals surface area contributed by atoms with Crippen LogP contribution in [0.1, 0.15) is 71.6 Å². The van der Waals surface area contributed by atoms with E-state index >= 15 is 0 Å². The molecule has 4 aliphatic rings. The van der Waals surface area contributed by atoms with Crippen LogP contribution in [-0.2, 0) is 4.74 Å². The molecule has 4 saturated carbocycles. The molecule has 0 spiro atoms. The highest BCUT2D eigenvalue weighted by Crippen LogP contribution is 2.65. The first-order valence-corrected chi connectivity index (χ1v) is 12.1. The number of ether oxygens (including phenoxy) is 1. The van der Waals surface area contributed by atoms with Gasteiger partial charge in [-0.15, -0.1) is 0 Å². The number of hydrogen-bond acceptors (Lipinski definition) is 3. The van der Waals surface area contributed by atoms with Crippen molar-refractivity contribution in [3.63, 3.8) is 0 Å². The Kier molecular flexibility index (Phi) is 6.13. The molecule has 0 radical (unpaired) electrons. The summed E-state index contributed by atoms with van der Waals surface area (Å²) in [6, 6.07) is 0. The van der Waals surface area contributed by atoms with Crippen molar-refractivity contribution in [2.24, 2.45) is 40.9 Å². The molecule has 172 valence electrons. The molecule has 2 N–H and O–H groups in total. The van der Waals surface area contributed by atoms with E-state index in [-0.39, 0.29) is 11.3 Å². The van der Waals surface area contributed by atoms with Crippen LogP contribution in [-0.4, -0.2) is 41.1 Å². The average molecular weight is 427 g/mol. The van der Waals surface area contributed by atoms with Crippen LogP contribution in [0.5, 0.6) is 0 Å². The number of rotatable bonds is 6. The average Bonchev–Trinajstić information content (AvgIpc) is 3.08. The van der Waals surface area contributed by atoms with Gasteiger partial charge in [0.05, 0.1) is 12.2 Å². The fourth-order valence-corrected chi connectivity index (χ4v) is 8.33. The lowest BCUT2D eigenvalue weighted by Gasteiger charge is -2.57. The van der Waals surface area contributed by atoms with Gasteiger partial charge >= 0.3 is 0 Å². The van der Waals surface area contributed by atoms with E-state index in [1.54, 1.807) is 0 Å². The van der Waals surface area contributed by atoms with Crippen molar-refractivity contribution in [2.75, 3.05) is 13.2 Å². The molecule has 9 atom stereocenters. The number of fused-ring (bicyclic) bond motifs is 5. The quantitative estimate of drug-likeness (QED) is 0.574. The molecule has 0 heterocycles. The van der Waals surface area contributed by atoms with E-state index in [1.165, 1.54) is 0 Å². The molecular weight excluding hydrogens is 386 g/mol. The van der Waals surface area contributed by atoms with Crippen LogP contribution in [0.25, 0.3) is 0 Å². The molecule has 0 aromatic carbocycles. The lowest BCUT2D eigenvalue weighted by molar-refractivity contribution is -0.149. The van der Waals surface area contributed by atoms with Crippen molar-refractivity contribution in [3.05, 3.63) is 12.7 Å². The normalized spacial score (nSPS) is 47.1.